The first-order valence-electron chi connectivity index (χ1n) is 5.43. The van der Waals surface area contributed by atoms with E-state index in [0.29, 0.717) is 13.2 Å². The van der Waals surface area contributed by atoms with Crippen LogP contribution in [0, 0.1) is 0 Å². The Morgan fingerprint density at radius 1 is 1.38 bits per heavy atom. The third kappa shape index (κ3) is 5.00. The van der Waals surface area contributed by atoms with Crippen LogP contribution < -0.4 is 10.5 Å². The third-order valence-corrected chi connectivity index (χ3v) is 2.20. The Bertz CT molecular complexity index is 298. The Labute approximate surface area is 96.6 Å². The molecule has 0 aliphatic carbocycles. The average molecular weight is 224 g/mol. The number of hydrogen-bond acceptors (Lipinski definition) is 4. The van der Waals surface area contributed by atoms with E-state index in [4.69, 9.17) is 10.5 Å². The van der Waals surface area contributed by atoms with Gasteiger partial charge in [-0.3, -0.25) is 0 Å². The van der Waals surface area contributed by atoms with Gasteiger partial charge < -0.3 is 20.5 Å². The van der Waals surface area contributed by atoms with Crippen molar-refractivity contribution in [3.05, 3.63) is 24.3 Å². The number of hydrogen-bond donors (Lipinski definition) is 2. The van der Waals surface area contributed by atoms with Crippen molar-refractivity contribution in [3.8, 4) is 5.75 Å². The smallest absolute Gasteiger partial charge is 0.119 e. The second-order valence-corrected chi connectivity index (χ2v) is 4.03. The van der Waals surface area contributed by atoms with Crippen molar-refractivity contribution >= 4 is 5.69 Å². The summed E-state index contributed by atoms with van der Waals surface area (Å²) in [6.45, 7) is 3.82. The largest absolute Gasteiger partial charge is 0.492 e. The van der Waals surface area contributed by atoms with Gasteiger partial charge in [-0.05, 0) is 38.2 Å². The molecule has 3 N–H and O–H groups in total. The van der Waals surface area contributed by atoms with E-state index in [1.807, 2.05) is 36.2 Å². The lowest BCUT2D eigenvalue weighted by Gasteiger charge is -2.18. The summed E-state index contributed by atoms with van der Waals surface area (Å²) >= 11 is 0. The molecule has 1 rings (SSSR count). The van der Waals surface area contributed by atoms with Crippen LogP contribution in [0.25, 0.3) is 0 Å². The Kier molecular flexibility index (Phi) is 5.08. The van der Waals surface area contributed by atoms with Gasteiger partial charge >= 0.3 is 0 Å². The fraction of sp³-hybridized carbons (Fsp3) is 0.500. The minimum absolute atomic E-state index is 0.304. The maximum atomic E-state index is 9.17. The number of ether oxygens (including phenoxy) is 1. The minimum Gasteiger partial charge on any atom is -0.492 e. The summed E-state index contributed by atoms with van der Waals surface area (Å²) in [5.41, 5.74) is 6.30. The Balaban J connectivity index is 2.22. The summed E-state index contributed by atoms with van der Waals surface area (Å²) in [5.74, 6) is 0.819. The van der Waals surface area contributed by atoms with Crippen molar-refractivity contribution in [2.75, 3.05) is 32.5 Å². The molecule has 0 fully saturated rings. The molecule has 1 atom stereocenters. The van der Waals surface area contributed by atoms with Crippen LogP contribution in [-0.4, -0.2) is 42.9 Å². The van der Waals surface area contributed by atoms with Gasteiger partial charge in [-0.15, -0.1) is 0 Å². The van der Waals surface area contributed by atoms with E-state index in [0.717, 1.165) is 18.0 Å². The maximum absolute atomic E-state index is 9.17. The van der Waals surface area contributed by atoms with Crippen molar-refractivity contribution in [2.24, 2.45) is 0 Å². The monoisotopic (exact) mass is 224 g/mol. The number of nitrogens with zero attached hydrogens (tertiary/aromatic N) is 1. The Morgan fingerprint density at radius 2 is 2.00 bits per heavy atom. The van der Waals surface area contributed by atoms with Gasteiger partial charge in [-0.25, -0.2) is 0 Å². The van der Waals surface area contributed by atoms with Gasteiger partial charge in [0.1, 0.15) is 12.4 Å². The molecule has 90 valence electrons. The lowest BCUT2D eigenvalue weighted by Crippen LogP contribution is -2.30. The summed E-state index contributed by atoms with van der Waals surface area (Å²) < 4.78 is 5.53. The summed E-state index contributed by atoms with van der Waals surface area (Å²) in [7, 11) is 1.96. The standard InChI is InChI=1S/C12H20N2O2/c1-10(15)9-14(2)7-8-16-12-5-3-11(13)4-6-12/h3-6,10,15H,7-9,13H2,1-2H3. The molecule has 0 saturated carbocycles. The lowest BCUT2D eigenvalue weighted by atomic mass is 10.3. The van der Waals surface area contributed by atoms with Gasteiger partial charge in [0.05, 0.1) is 6.10 Å². The number of likely N-dealkylation sites (N-methyl/N-ethyl adjacent to an activating group) is 1. The molecule has 0 saturated heterocycles. The van der Waals surface area contributed by atoms with Crippen molar-refractivity contribution < 1.29 is 9.84 Å². The van der Waals surface area contributed by atoms with E-state index in [9.17, 15) is 5.11 Å². The average Bonchev–Trinajstić information content (AvgIpc) is 2.20. The Morgan fingerprint density at radius 3 is 2.56 bits per heavy atom. The Hall–Kier alpha value is -1.26. The van der Waals surface area contributed by atoms with Crippen LogP contribution in [0.5, 0.6) is 5.75 Å². The number of rotatable bonds is 6. The van der Waals surface area contributed by atoms with Crippen LogP contribution in [-0.2, 0) is 0 Å². The first kappa shape index (κ1) is 12.8. The van der Waals surface area contributed by atoms with E-state index in [2.05, 4.69) is 0 Å². The highest BCUT2D eigenvalue weighted by Crippen LogP contribution is 2.12. The number of benzene rings is 1. The fourth-order valence-corrected chi connectivity index (χ4v) is 1.43. The van der Waals surface area contributed by atoms with Crippen LogP contribution in [0.2, 0.25) is 0 Å². The highest BCUT2D eigenvalue weighted by molar-refractivity contribution is 5.41. The maximum Gasteiger partial charge on any atom is 0.119 e. The number of nitrogen functional groups attached to an aromatic ring is 1. The van der Waals surface area contributed by atoms with Crippen molar-refractivity contribution in [1.82, 2.24) is 4.90 Å². The van der Waals surface area contributed by atoms with Crippen LogP contribution in [0.4, 0.5) is 5.69 Å². The highest BCUT2D eigenvalue weighted by atomic mass is 16.5. The number of aliphatic hydroxyl groups excluding tert-OH is 1. The van der Waals surface area contributed by atoms with E-state index in [1.165, 1.54) is 0 Å². The molecule has 4 heteroatoms. The van der Waals surface area contributed by atoms with Gasteiger partial charge in [0.25, 0.3) is 0 Å². The predicted molar refractivity (Wildman–Crippen MR) is 65.5 cm³/mol. The molecule has 4 nitrogen and oxygen atoms in total. The molecular weight excluding hydrogens is 204 g/mol. The predicted octanol–water partition coefficient (Wildman–Crippen LogP) is 0.960. The topological polar surface area (TPSA) is 58.7 Å². The van der Waals surface area contributed by atoms with E-state index >= 15 is 0 Å². The molecular formula is C12H20N2O2. The van der Waals surface area contributed by atoms with Gasteiger partial charge in [-0.1, -0.05) is 0 Å². The number of anilines is 1. The van der Waals surface area contributed by atoms with Crippen LogP contribution in [0.1, 0.15) is 6.92 Å². The van der Waals surface area contributed by atoms with E-state index in [-0.39, 0.29) is 6.10 Å². The van der Waals surface area contributed by atoms with Crippen LogP contribution >= 0.6 is 0 Å². The number of aliphatic hydroxyl groups is 1. The molecule has 0 aliphatic rings. The summed E-state index contributed by atoms with van der Waals surface area (Å²) in [6.07, 6.45) is -0.304. The zero-order chi connectivity index (χ0) is 12.0. The molecule has 1 unspecified atom stereocenters. The normalized spacial score (nSPS) is 12.8. The first-order valence-corrected chi connectivity index (χ1v) is 5.43. The molecule has 1 aromatic carbocycles. The second kappa shape index (κ2) is 6.35. The zero-order valence-corrected chi connectivity index (χ0v) is 9.89. The van der Waals surface area contributed by atoms with Gasteiger partial charge in [0.15, 0.2) is 0 Å². The van der Waals surface area contributed by atoms with Crippen LogP contribution in [0.15, 0.2) is 24.3 Å². The SMILES string of the molecule is CC(O)CN(C)CCOc1ccc(N)cc1. The summed E-state index contributed by atoms with van der Waals surface area (Å²) in [6, 6.07) is 7.33. The number of nitrogens with two attached hydrogens (primary N) is 1. The lowest BCUT2D eigenvalue weighted by molar-refractivity contribution is 0.131. The summed E-state index contributed by atoms with van der Waals surface area (Å²) in [4.78, 5) is 2.03. The van der Waals surface area contributed by atoms with Crippen molar-refractivity contribution in [1.29, 1.82) is 0 Å². The minimum atomic E-state index is -0.304. The molecule has 16 heavy (non-hydrogen) atoms. The van der Waals surface area contributed by atoms with Crippen LogP contribution in [0.3, 0.4) is 0 Å². The van der Waals surface area contributed by atoms with Gasteiger partial charge in [0.2, 0.25) is 0 Å². The molecule has 0 aliphatic heterocycles. The van der Waals surface area contributed by atoms with Gasteiger partial charge in [-0.2, -0.15) is 0 Å². The fourth-order valence-electron chi connectivity index (χ4n) is 1.43. The molecule has 0 aromatic heterocycles. The molecule has 0 heterocycles. The third-order valence-electron chi connectivity index (χ3n) is 2.20. The first-order chi connectivity index (χ1) is 7.58. The molecule has 0 bridgehead atoms. The van der Waals surface area contributed by atoms with Crippen molar-refractivity contribution in [2.45, 2.75) is 13.0 Å². The quantitative estimate of drug-likeness (QED) is 0.707. The second-order valence-electron chi connectivity index (χ2n) is 4.03. The van der Waals surface area contributed by atoms with Gasteiger partial charge in [0, 0.05) is 18.8 Å². The molecule has 0 spiro atoms. The molecule has 0 radical (unpaired) electrons. The zero-order valence-electron chi connectivity index (χ0n) is 9.89. The van der Waals surface area contributed by atoms with E-state index < -0.39 is 0 Å². The molecule has 0 amide bonds. The highest BCUT2D eigenvalue weighted by Gasteiger charge is 2.02. The molecule has 1 aromatic rings. The summed E-state index contributed by atoms with van der Waals surface area (Å²) in [5, 5.41) is 9.17. The van der Waals surface area contributed by atoms with Crippen molar-refractivity contribution in [3.63, 3.8) is 0 Å². The van der Waals surface area contributed by atoms with E-state index in [1.54, 1.807) is 6.92 Å².